The van der Waals surface area contributed by atoms with Gasteiger partial charge in [0, 0.05) is 0 Å². The molecule has 3 nitrogen and oxygen atoms in total. The molecule has 0 spiro atoms. The molecule has 0 radical (unpaired) electrons. The van der Waals surface area contributed by atoms with Crippen LogP contribution in [0.5, 0.6) is 0 Å². The highest BCUT2D eigenvalue weighted by molar-refractivity contribution is 5.95. The first-order valence-corrected chi connectivity index (χ1v) is 9.12. The second kappa shape index (κ2) is 5.53. The van der Waals surface area contributed by atoms with Crippen LogP contribution in [0.3, 0.4) is 0 Å². The molecular formula is C21H19F2NO2. The van der Waals surface area contributed by atoms with Crippen molar-refractivity contribution in [1.82, 2.24) is 0 Å². The van der Waals surface area contributed by atoms with Crippen LogP contribution in [-0.4, -0.2) is 11.1 Å². The summed E-state index contributed by atoms with van der Waals surface area (Å²) in [7, 11) is 0. The largest absolute Gasteiger partial charge is 0.478 e. The Bertz CT molecular complexity index is 913. The van der Waals surface area contributed by atoms with E-state index in [0.29, 0.717) is 23.1 Å². The molecule has 5 atom stereocenters. The van der Waals surface area contributed by atoms with Gasteiger partial charge in [0.05, 0.1) is 17.3 Å². The van der Waals surface area contributed by atoms with Gasteiger partial charge < -0.3 is 10.4 Å². The first-order chi connectivity index (χ1) is 12.5. The number of anilines is 1. The Balaban J connectivity index is 1.67. The summed E-state index contributed by atoms with van der Waals surface area (Å²) < 4.78 is 27.3. The molecule has 0 aromatic heterocycles. The van der Waals surface area contributed by atoms with Gasteiger partial charge in [-0.25, -0.2) is 13.6 Å². The Hall–Kier alpha value is -2.43. The van der Waals surface area contributed by atoms with Crippen LogP contribution in [0.1, 0.15) is 52.7 Å². The average molecular weight is 355 g/mol. The van der Waals surface area contributed by atoms with E-state index in [1.807, 2.05) is 12.1 Å². The van der Waals surface area contributed by atoms with E-state index < -0.39 is 17.6 Å². The molecule has 1 heterocycles. The molecule has 5 unspecified atom stereocenters. The van der Waals surface area contributed by atoms with Gasteiger partial charge in [-0.15, -0.1) is 0 Å². The maximum absolute atomic E-state index is 13.9. The van der Waals surface area contributed by atoms with Gasteiger partial charge in [-0.3, -0.25) is 0 Å². The molecule has 2 aromatic carbocycles. The number of carbonyl (C=O) groups is 1. The standard InChI is InChI=1S/C21H19F2NO2/c22-15-7-6-12(9-16(15)23)19-18-11-5-4-10(8-11)17(18)13-2-1-3-14(21(25)26)20(13)24-19/h1-3,6-7,9-11,17-19,24H,4-5,8H2,(H,25,26). The fourth-order valence-corrected chi connectivity index (χ4v) is 5.73. The molecule has 26 heavy (non-hydrogen) atoms. The molecule has 2 N–H and O–H groups in total. The van der Waals surface area contributed by atoms with Crippen molar-refractivity contribution in [3.63, 3.8) is 0 Å². The number of carboxylic acids is 1. The Labute approximate surface area is 150 Å². The summed E-state index contributed by atoms with van der Waals surface area (Å²) in [4.78, 5) is 11.7. The van der Waals surface area contributed by atoms with E-state index >= 15 is 0 Å². The van der Waals surface area contributed by atoms with Crippen LogP contribution >= 0.6 is 0 Å². The zero-order valence-corrected chi connectivity index (χ0v) is 14.1. The smallest absolute Gasteiger partial charge is 0.337 e. The van der Waals surface area contributed by atoms with E-state index in [2.05, 4.69) is 5.32 Å². The van der Waals surface area contributed by atoms with Crippen molar-refractivity contribution in [2.24, 2.45) is 17.8 Å². The van der Waals surface area contributed by atoms with E-state index in [-0.39, 0.29) is 23.4 Å². The third kappa shape index (κ3) is 2.12. The molecule has 1 aliphatic heterocycles. The van der Waals surface area contributed by atoms with Crippen molar-refractivity contribution in [3.05, 3.63) is 64.7 Å². The minimum absolute atomic E-state index is 0.196. The van der Waals surface area contributed by atoms with Crippen LogP contribution in [0.2, 0.25) is 0 Å². The summed E-state index contributed by atoms with van der Waals surface area (Å²) in [5.74, 6) is -1.04. The Morgan fingerprint density at radius 2 is 1.88 bits per heavy atom. The lowest BCUT2D eigenvalue weighted by Gasteiger charge is -2.44. The van der Waals surface area contributed by atoms with Gasteiger partial charge in [0.25, 0.3) is 0 Å². The predicted molar refractivity (Wildman–Crippen MR) is 93.2 cm³/mol. The lowest BCUT2D eigenvalue weighted by atomic mass is 9.67. The topological polar surface area (TPSA) is 49.3 Å². The Morgan fingerprint density at radius 1 is 1.08 bits per heavy atom. The van der Waals surface area contributed by atoms with Gasteiger partial charge in [-0.05, 0) is 72.3 Å². The molecule has 3 aliphatic rings. The number of para-hydroxylation sites is 1. The monoisotopic (exact) mass is 355 g/mol. The van der Waals surface area contributed by atoms with E-state index in [4.69, 9.17) is 0 Å². The number of carboxylic acid groups (broad SMARTS) is 1. The van der Waals surface area contributed by atoms with Crippen LogP contribution < -0.4 is 5.32 Å². The number of nitrogens with one attached hydrogen (secondary N) is 1. The molecule has 134 valence electrons. The molecule has 0 amide bonds. The summed E-state index contributed by atoms with van der Waals surface area (Å²) >= 11 is 0. The number of halogens is 2. The highest BCUT2D eigenvalue weighted by atomic mass is 19.2. The van der Waals surface area contributed by atoms with Gasteiger partial charge in [0.1, 0.15) is 0 Å². The molecule has 5 rings (SSSR count). The normalized spacial score (nSPS) is 31.2. The third-order valence-electron chi connectivity index (χ3n) is 6.65. The van der Waals surface area contributed by atoms with Gasteiger partial charge in [-0.2, -0.15) is 0 Å². The minimum atomic E-state index is -0.972. The molecule has 2 aliphatic carbocycles. The molecule has 5 heteroatoms. The van der Waals surface area contributed by atoms with Crippen molar-refractivity contribution in [2.75, 3.05) is 5.32 Å². The number of hydrogen-bond acceptors (Lipinski definition) is 2. The number of hydrogen-bond donors (Lipinski definition) is 2. The van der Waals surface area contributed by atoms with E-state index in [1.54, 1.807) is 12.1 Å². The number of fused-ring (bicyclic) bond motifs is 7. The summed E-state index contributed by atoms with van der Waals surface area (Å²) in [6.45, 7) is 0. The molecular weight excluding hydrogens is 336 g/mol. The van der Waals surface area contributed by atoms with Crippen LogP contribution in [-0.2, 0) is 0 Å². The molecule has 2 aromatic rings. The second-order valence-corrected chi connectivity index (χ2v) is 7.81. The Morgan fingerprint density at radius 3 is 2.65 bits per heavy atom. The molecule has 2 fully saturated rings. The molecule has 0 saturated heterocycles. The summed E-state index contributed by atoms with van der Waals surface area (Å²) in [5.41, 5.74) is 2.65. The Kier molecular flexibility index (Phi) is 3.36. The first-order valence-electron chi connectivity index (χ1n) is 9.12. The van der Waals surface area contributed by atoms with Gasteiger partial charge in [-0.1, -0.05) is 18.2 Å². The fourth-order valence-electron chi connectivity index (χ4n) is 5.73. The average Bonchev–Trinajstić information content (AvgIpc) is 3.25. The third-order valence-corrected chi connectivity index (χ3v) is 6.65. The zero-order valence-electron chi connectivity index (χ0n) is 14.1. The maximum Gasteiger partial charge on any atom is 0.337 e. The quantitative estimate of drug-likeness (QED) is 0.800. The minimum Gasteiger partial charge on any atom is -0.478 e. The SMILES string of the molecule is O=C(O)c1cccc2c1NC(c1ccc(F)c(F)c1)C1C3CCC(C3)C21. The van der Waals surface area contributed by atoms with Gasteiger partial charge in [0.2, 0.25) is 0 Å². The first kappa shape index (κ1) is 15.8. The van der Waals surface area contributed by atoms with Crippen LogP contribution in [0, 0.1) is 29.4 Å². The maximum atomic E-state index is 13.9. The van der Waals surface area contributed by atoms with Crippen molar-refractivity contribution in [2.45, 2.75) is 31.2 Å². The second-order valence-electron chi connectivity index (χ2n) is 7.81. The van der Waals surface area contributed by atoms with Crippen molar-refractivity contribution in [1.29, 1.82) is 0 Å². The summed E-state index contributed by atoms with van der Waals surface area (Å²) in [6, 6.07) is 9.27. The van der Waals surface area contributed by atoms with Crippen LogP contribution in [0.4, 0.5) is 14.5 Å². The number of rotatable bonds is 2. The summed E-state index contributed by atoms with van der Waals surface area (Å²) in [5, 5.41) is 13.0. The lowest BCUT2D eigenvalue weighted by Crippen LogP contribution is -2.36. The predicted octanol–water partition coefficient (Wildman–Crippen LogP) is 4.96. The van der Waals surface area contributed by atoms with Gasteiger partial charge >= 0.3 is 5.97 Å². The van der Waals surface area contributed by atoms with Crippen molar-refractivity contribution < 1.29 is 18.7 Å². The van der Waals surface area contributed by atoms with Crippen LogP contribution in [0.25, 0.3) is 0 Å². The number of aromatic carboxylic acids is 1. The van der Waals surface area contributed by atoms with E-state index in [1.165, 1.54) is 6.07 Å². The molecule has 2 bridgehead atoms. The summed E-state index contributed by atoms with van der Waals surface area (Å²) in [6.07, 6.45) is 3.45. The molecule has 2 saturated carbocycles. The fraction of sp³-hybridized carbons (Fsp3) is 0.381. The van der Waals surface area contributed by atoms with Crippen molar-refractivity contribution in [3.8, 4) is 0 Å². The van der Waals surface area contributed by atoms with E-state index in [0.717, 1.165) is 30.9 Å². The highest BCUT2D eigenvalue weighted by Gasteiger charge is 2.54. The van der Waals surface area contributed by atoms with Crippen molar-refractivity contribution >= 4 is 11.7 Å². The van der Waals surface area contributed by atoms with Crippen LogP contribution in [0.15, 0.2) is 36.4 Å². The number of benzene rings is 2. The highest BCUT2D eigenvalue weighted by Crippen LogP contribution is 2.64. The van der Waals surface area contributed by atoms with Gasteiger partial charge in [0.15, 0.2) is 11.6 Å². The zero-order chi connectivity index (χ0) is 18.0. The lowest BCUT2D eigenvalue weighted by molar-refractivity contribution is 0.0697. The van der Waals surface area contributed by atoms with E-state index in [9.17, 15) is 18.7 Å².